The average molecular weight is 271 g/mol. The highest BCUT2D eigenvalue weighted by Gasteiger charge is 2.11. The summed E-state index contributed by atoms with van der Waals surface area (Å²) in [6.07, 6.45) is 3.08. The first kappa shape index (κ1) is 12.0. The summed E-state index contributed by atoms with van der Waals surface area (Å²) in [4.78, 5) is 19.1. The van der Waals surface area contributed by atoms with Crippen molar-refractivity contribution in [2.45, 2.75) is 6.92 Å². The smallest absolute Gasteiger partial charge is 0.356 e. The normalized spacial score (nSPS) is 10.7. The molecule has 0 spiro atoms. The van der Waals surface area contributed by atoms with Gasteiger partial charge in [0.05, 0.1) is 0 Å². The van der Waals surface area contributed by atoms with Crippen molar-refractivity contribution in [3.63, 3.8) is 0 Å². The zero-order valence-electron chi connectivity index (χ0n) is 10.4. The quantitative estimate of drug-likeness (QED) is 0.765. The van der Waals surface area contributed by atoms with E-state index in [1.54, 1.807) is 25.3 Å². The molecular weight excluding hydrogens is 262 g/mol. The molecule has 0 radical (unpaired) electrons. The van der Waals surface area contributed by atoms with Crippen LogP contribution in [0.5, 0.6) is 0 Å². The molecule has 0 saturated carbocycles. The van der Waals surface area contributed by atoms with Crippen LogP contribution in [0.2, 0.25) is 0 Å². The Kier molecular flexibility index (Phi) is 2.75. The number of aromatic carboxylic acids is 1. The Labute approximate surface area is 112 Å². The van der Waals surface area contributed by atoms with Crippen molar-refractivity contribution < 1.29 is 14.4 Å². The van der Waals surface area contributed by atoms with E-state index in [1.807, 2.05) is 0 Å². The fourth-order valence-electron chi connectivity index (χ4n) is 1.66. The van der Waals surface area contributed by atoms with Gasteiger partial charge in [-0.2, -0.15) is 10.1 Å². The number of rotatable bonds is 3. The van der Waals surface area contributed by atoms with Crippen LogP contribution >= 0.6 is 0 Å². The molecule has 3 aromatic heterocycles. The molecule has 0 aliphatic heterocycles. The van der Waals surface area contributed by atoms with E-state index in [9.17, 15) is 4.79 Å². The van der Waals surface area contributed by atoms with Crippen LogP contribution in [0.15, 0.2) is 35.1 Å². The van der Waals surface area contributed by atoms with E-state index in [4.69, 9.17) is 9.63 Å². The summed E-state index contributed by atoms with van der Waals surface area (Å²) in [6.45, 7) is 1.72. The third-order valence-electron chi connectivity index (χ3n) is 2.56. The second-order valence-corrected chi connectivity index (χ2v) is 4.00. The first-order valence-electron chi connectivity index (χ1n) is 5.69. The van der Waals surface area contributed by atoms with Crippen LogP contribution in [0.1, 0.15) is 16.3 Å². The van der Waals surface area contributed by atoms with E-state index in [2.05, 4.69) is 20.2 Å². The molecule has 3 rings (SSSR count). The molecule has 0 unspecified atom stereocenters. The highest BCUT2D eigenvalue weighted by molar-refractivity contribution is 5.85. The molecule has 1 N–H and O–H groups in total. The van der Waals surface area contributed by atoms with Gasteiger partial charge in [-0.15, -0.1) is 0 Å². The number of carboxylic acids is 1. The average Bonchev–Trinajstić information content (AvgIpc) is 3.07. The van der Waals surface area contributed by atoms with E-state index in [0.29, 0.717) is 23.1 Å². The van der Waals surface area contributed by atoms with Crippen LogP contribution in [-0.2, 0) is 0 Å². The number of hydrogen-bond acceptors (Lipinski definition) is 6. The SMILES string of the molecule is Cc1noc(-c2ccnc(-n3ccc(C(=O)O)n3)c2)n1. The number of carbonyl (C=O) groups is 1. The number of carboxylic acid groups (broad SMARTS) is 1. The molecule has 0 aliphatic rings. The molecular formula is C12H9N5O3. The Hall–Kier alpha value is -3.03. The lowest BCUT2D eigenvalue weighted by Gasteiger charge is -2.01. The minimum absolute atomic E-state index is 0.0502. The van der Waals surface area contributed by atoms with Crippen molar-refractivity contribution in [2.24, 2.45) is 0 Å². The first-order valence-corrected chi connectivity index (χ1v) is 5.69. The fraction of sp³-hybridized carbons (Fsp3) is 0.0833. The molecule has 0 saturated heterocycles. The van der Waals surface area contributed by atoms with E-state index >= 15 is 0 Å². The summed E-state index contributed by atoms with van der Waals surface area (Å²) < 4.78 is 6.44. The summed E-state index contributed by atoms with van der Waals surface area (Å²) >= 11 is 0. The van der Waals surface area contributed by atoms with Gasteiger partial charge in [-0.05, 0) is 25.1 Å². The van der Waals surface area contributed by atoms with Gasteiger partial charge in [-0.25, -0.2) is 14.5 Å². The highest BCUT2D eigenvalue weighted by Crippen LogP contribution is 2.18. The zero-order chi connectivity index (χ0) is 14.1. The lowest BCUT2D eigenvalue weighted by atomic mass is 10.2. The van der Waals surface area contributed by atoms with Gasteiger partial charge in [0.2, 0.25) is 0 Å². The Balaban J connectivity index is 2.00. The second kappa shape index (κ2) is 4.57. The Bertz CT molecular complexity index is 777. The molecule has 0 fully saturated rings. The van der Waals surface area contributed by atoms with Crippen LogP contribution in [0.4, 0.5) is 0 Å². The molecule has 20 heavy (non-hydrogen) atoms. The van der Waals surface area contributed by atoms with Gasteiger partial charge in [-0.1, -0.05) is 5.16 Å². The van der Waals surface area contributed by atoms with Gasteiger partial charge in [0.15, 0.2) is 17.3 Å². The Morgan fingerprint density at radius 3 is 2.90 bits per heavy atom. The van der Waals surface area contributed by atoms with Gasteiger partial charge >= 0.3 is 5.97 Å². The summed E-state index contributed by atoms with van der Waals surface area (Å²) in [6, 6.07) is 4.80. The van der Waals surface area contributed by atoms with E-state index in [1.165, 1.54) is 16.9 Å². The lowest BCUT2D eigenvalue weighted by molar-refractivity contribution is 0.0690. The van der Waals surface area contributed by atoms with Crippen molar-refractivity contribution in [3.8, 4) is 17.3 Å². The standard InChI is InChI=1S/C12H9N5O3/c1-7-14-11(20-16-7)8-2-4-13-10(6-8)17-5-3-9(15-17)12(18)19/h2-6H,1H3,(H,18,19). The molecule has 0 aliphatic carbocycles. The molecule has 0 atom stereocenters. The number of pyridine rings is 1. The van der Waals surface area contributed by atoms with Crippen LogP contribution in [0.25, 0.3) is 17.3 Å². The summed E-state index contributed by atoms with van der Waals surface area (Å²) in [5, 5.41) is 16.5. The van der Waals surface area contributed by atoms with E-state index in [-0.39, 0.29) is 5.69 Å². The summed E-state index contributed by atoms with van der Waals surface area (Å²) in [5.41, 5.74) is 0.633. The summed E-state index contributed by atoms with van der Waals surface area (Å²) in [5.74, 6) is 0.278. The maximum Gasteiger partial charge on any atom is 0.356 e. The topological polar surface area (TPSA) is 107 Å². The number of aromatic nitrogens is 5. The predicted octanol–water partition coefficient (Wildman–Crippen LogP) is 1.32. The molecule has 3 heterocycles. The summed E-state index contributed by atoms with van der Waals surface area (Å²) in [7, 11) is 0. The number of aryl methyl sites for hydroxylation is 1. The van der Waals surface area contributed by atoms with E-state index < -0.39 is 5.97 Å². The maximum atomic E-state index is 10.8. The molecule has 8 nitrogen and oxygen atoms in total. The van der Waals surface area contributed by atoms with Gasteiger partial charge in [0.1, 0.15) is 0 Å². The third-order valence-corrected chi connectivity index (χ3v) is 2.56. The molecule has 0 amide bonds. The minimum Gasteiger partial charge on any atom is -0.476 e. The first-order chi connectivity index (χ1) is 9.63. The minimum atomic E-state index is -1.09. The zero-order valence-corrected chi connectivity index (χ0v) is 10.4. The molecule has 100 valence electrons. The predicted molar refractivity (Wildman–Crippen MR) is 66.3 cm³/mol. The Morgan fingerprint density at radius 2 is 2.25 bits per heavy atom. The largest absolute Gasteiger partial charge is 0.476 e. The molecule has 0 aromatic carbocycles. The van der Waals surface area contributed by atoms with Crippen molar-refractivity contribution in [2.75, 3.05) is 0 Å². The molecule has 8 heteroatoms. The van der Waals surface area contributed by atoms with Crippen molar-refractivity contribution in [1.29, 1.82) is 0 Å². The van der Waals surface area contributed by atoms with Crippen LogP contribution < -0.4 is 0 Å². The van der Waals surface area contributed by atoms with Gasteiger partial charge in [0.25, 0.3) is 5.89 Å². The van der Waals surface area contributed by atoms with Crippen LogP contribution in [0.3, 0.4) is 0 Å². The maximum absolute atomic E-state index is 10.8. The molecule has 3 aromatic rings. The van der Waals surface area contributed by atoms with E-state index in [0.717, 1.165) is 0 Å². The number of nitrogens with zero attached hydrogens (tertiary/aromatic N) is 5. The highest BCUT2D eigenvalue weighted by atomic mass is 16.5. The fourth-order valence-corrected chi connectivity index (χ4v) is 1.66. The second-order valence-electron chi connectivity index (χ2n) is 4.00. The van der Waals surface area contributed by atoms with Gasteiger partial charge in [0, 0.05) is 18.0 Å². The molecule has 0 bridgehead atoms. The monoisotopic (exact) mass is 271 g/mol. The van der Waals surface area contributed by atoms with Gasteiger partial charge in [-0.3, -0.25) is 0 Å². The number of hydrogen-bond donors (Lipinski definition) is 1. The third kappa shape index (κ3) is 2.14. The van der Waals surface area contributed by atoms with Crippen molar-refractivity contribution in [1.82, 2.24) is 24.9 Å². The van der Waals surface area contributed by atoms with Crippen molar-refractivity contribution >= 4 is 5.97 Å². The van der Waals surface area contributed by atoms with Crippen LogP contribution in [0, 0.1) is 6.92 Å². The van der Waals surface area contributed by atoms with Crippen molar-refractivity contribution in [3.05, 3.63) is 42.1 Å². The van der Waals surface area contributed by atoms with Gasteiger partial charge < -0.3 is 9.63 Å². The lowest BCUT2D eigenvalue weighted by Crippen LogP contribution is -2.02. The van der Waals surface area contributed by atoms with Crippen LogP contribution in [-0.4, -0.2) is 36.0 Å². The Morgan fingerprint density at radius 1 is 1.40 bits per heavy atom.